The Morgan fingerprint density at radius 3 is 2.58 bits per heavy atom. The number of hydrogen-bond acceptors (Lipinski definition) is 5. The van der Waals surface area contributed by atoms with Crippen molar-refractivity contribution >= 4 is 39.4 Å². The molecule has 1 fully saturated rings. The predicted molar refractivity (Wildman–Crippen MR) is 121 cm³/mol. The average molecular weight is 456 g/mol. The number of para-hydroxylation sites is 2. The Morgan fingerprint density at radius 2 is 1.82 bits per heavy atom. The van der Waals surface area contributed by atoms with Crippen molar-refractivity contribution in [2.75, 3.05) is 45.2 Å². The number of imidazole rings is 1. The molecule has 1 saturated heterocycles. The number of hydrogen-bond donors (Lipinski definition) is 1. The number of likely N-dealkylation sites (N-methyl/N-ethyl adjacent to an activating group) is 1. The van der Waals surface area contributed by atoms with Crippen LogP contribution in [0.4, 0.5) is 19.0 Å². The fraction of sp³-hybridized carbons (Fsp3) is 0.348. The summed E-state index contributed by atoms with van der Waals surface area (Å²) in [7, 11) is 3.44. The van der Waals surface area contributed by atoms with Gasteiger partial charge in [-0.15, -0.1) is 0 Å². The van der Waals surface area contributed by atoms with Crippen LogP contribution in [0.3, 0.4) is 0 Å². The first-order chi connectivity index (χ1) is 15.8. The van der Waals surface area contributed by atoms with E-state index in [-0.39, 0.29) is 28.1 Å². The molecule has 1 amide bonds. The highest BCUT2D eigenvalue weighted by Crippen LogP contribution is 2.38. The van der Waals surface area contributed by atoms with Crippen LogP contribution in [0.15, 0.2) is 36.4 Å². The Labute approximate surface area is 187 Å². The minimum Gasteiger partial charge on any atom is -0.355 e. The highest BCUT2D eigenvalue weighted by atomic mass is 19.4. The first kappa shape index (κ1) is 21.4. The number of carbonyl (C=O) groups is 1. The maximum Gasteiger partial charge on any atom is 0.417 e. The number of halogens is 3. The Kier molecular flexibility index (Phi) is 5.12. The van der Waals surface area contributed by atoms with Crippen LogP contribution in [0.2, 0.25) is 0 Å². The lowest BCUT2D eigenvalue weighted by Crippen LogP contribution is -2.30. The maximum atomic E-state index is 14.3. The van der Waals surface area contributed by atoms with Gasteiger partial charge in [0, 0.05) is 32.1 Å². The van der Waals surface area contributed by atoms with E-state index >= 15 is 0 Å². The van der Waals surface area contributed by atoms with Gasteiger partial charge in [0.25, 0.3) is 5.91 Å². The van der Waals surface area contributed by atoms with E-state index < -0.39 is 17.6 Å². The molecule has 4 aromatic rings. The Morgan fingerprint density at radius 1 is 1.03 bits per heavy atom. The first-order valence-corrected chi connectivity index (χ1v) is 10.8. The molecular formula is C23H23F3N6O. The van der Waals surface area contributed by atoms with Gasteiger partial charge in [-0.05, 0) is 44.3 Å². The van der Waals surface area contributed by atoms with Crippen molar-refractivity contribution in [3.63, 3.8) is 0 Å². The van der Waals surface area contributed by atoms with Crippen molar-refractivity contribution in [3.8, 4) is 0 Å². The third-order valence-corrected chi connectivity index (χ3v) is 6.15. The summed E-state index contributed by atoms with van der Waals surface area (Å²) in [6, 6.07) is 9.47. The van der Waals surface area contributed by atoms with Crippen LogP contribution in [0.1, 0.15) is 22.3 Å². The Bertz CT molecular complexity index is 1380. The van der Waals surface area contributed by atoms with E-state index in [0.717, 1.165) is 25.6 Å². The molecule has 1 aliphatic heterocycles. The number of amides is 1. The zero-order valence-electron chi connectivity index (χ0n) is 18.3. The van der Waals surface area contributed by atoms with Crippen molar-refractivity contribution in [1.29, 1.82) is 0 Å². The lowest BCUT2D eigenvalue weighted by Gasteiger charge is -2.24. The monoisotopic (exact) mass is 456 g/mol. The topological polar surface area (TPSA) is 65.8 Å². The van der Waals surface area contributed by atoms with Crippen molar-refractivity contribution in [1.82, 2.24) is 24.6 Å². The van der Waals surface area contributed by atoms with Gasteiger partial charge in [-0.1, -0.05) is 12.1 Å². The SMILES string of the molecule is CNC(=O)c1cc2c(C(F)(F)F)cc(N3CCCN(C)CC3)nc2n2c1nc1ccccc12. The smallest absolute Gasteiger partial charge is 0.355 e. The molecule has 1 N–H and O–H groups in total. The molecule has 0 atom stereocenters. The van der Waals surface area contributed by atoms with Crippen LogP contribution in [0.5, 0.6) is 0 Å². The molecule has 7 nitrogen and oxygen atoms in total. The highest BCUT2D eigenvalue weighted by molar-refractivity contribution is 6.06. The summed E-state index contributed by atoms with van der Waals surface area (Å²) >= 11 is 0. The molecule has 33 heavy (non-hydrogen) atoms. The van der Waals surface area contributed by atoms with Gasteiger partial charge in [-0.3, -0.25) is 9.20 Å². The van der Waals surface area contributed by atoms with Crippen molar-refractivity contribution in [2.45, 2.75) is 12.6 Å². The molecule has 0 bridgehead atoms. The van der Waals surface area contributed by atoms with Gasteiger partial charge < -0.3 is 15.1 Å². The van der Waals surface area contributed by atoms with Crippen LogP contribution in [-0.2, 0) is 6.18 Å². The summed E-state index contributed by atoms with van der Waals surface area (Å²) in [6.45, 7) is 2.81. The summed E-state index contributed by atoms with van der Waals surface area (Å²) in [4.78, 5) is 25.9. The third kappa shape index (κ3) is 3.64. The quantitative estimate of drug-likeness (QED) is 0.500. The number of alkyl halides is 3. The van der Waals surface area contributed by atoms with Gasteiger partial charge in [-0.25, -0.2) is 9.97 Å². The van der Waals surface area contributed by atoms with Gasteiger partial charge in [0.05, 0.1) is 22.2 Å². The summed E-state index contributed by atoms with van der Waals surface area (Å²) in [5.41, 5.74) is 0.830. The van der Waals surface area contributed by atoms with E-state index in [4.69, 9.17) is 4.98 Å². The highest BCUT2D eigenvalue weighted by Gasteiger charge is 2.35. The summed E-state index contributed by atoms with van der Waals surface area (Å²) in [5, 5.41) is 2.38. The number of pyridine rings is 2. The molecule has 1 aromatic carbocycles. The van der Waals surface area contributed by atoms with Crippen LogP contribution in [0.25, 0.3) is 27.7 Å². The average Bonchev–Trinajstić information content (AvgIpc) is 3.05. The number of fused-ring (bicyclic) bond motifs is 5. The predicted octanol–water partition coefficient (Wildman–Crippen LogP) is 3.56. The maximum absolute atomic E-state index is 14.3. The number of nitrogens with zero attached hydrogens (tertiary/aromatic N) is 5. The molecule has 0 saturated carbocycles. The van der Waals surface area contributed by atoms with Gasteiger partial charge in [0.2, 0.25) is 0 Å². The summed E-state index contributed by atoms with van der Waals surface area (Å²) in [5.74, 6) is -0.234. The molecule has 0 aliphatic carbocycles. The fourth-order valence-corrected chi connectivity index (χ4v) is 4.44. The molecule has 10 heteroatoms. The molecule has 3 aromatic heterocycles. The second-order valence-electron chi connectivity index (χ2n) is 8.30. The van der Waals surface area contributed by atoms with Crippen molar-refractivity contribution < 1.29 is 18.0 Å². The van der Waals surface area contributed by atoms with Crippen LogP contribution >= 0.6 is 0 Å². The van der Waals surface area contributed by atoms with Crippen molar-refractivity contribution in [2.24, 2.45) is 0 Å². The van der Waals surface area contributed by atoms with Gasteiger partial charge in [0.15, 0.2) is 5.65 Å². The number of carbonyl (C=O) groups excluding carboxylic acids is 1. The van der Waals surface area contributed by atoms with Crippen molar-refractivity contribution in [3.05, 3.63) is 47.5 Å². The van der Waals surface area contributed by atoms with Gasteiger partial charge in [-0.2, -0.15) is 13.2 Å². The Balaban J connectivity index is 1.88. The first-order valence-electron chi connectivity index (χ1n) is 10.8. The number of anilines is 1. The second kappa shape index (κ2) is 7.87. The summed E-state index contributed by atoms with van der Waals surface area (Å²) in [6.07, 6.45) is -3.79. The minimum atomic E-state index is -4.62. The second-order valence-corrected chi connectivity index (χ2v) is 8.30. The Hall–Kier alpha value is -3.40. The standard InChI is InChI=1S/C23H23F3N6O/c1-27-22(33)15-12-14-16(23(24,25)26)13-19(31-9-5-8-30(2)10-11-31)29-20(14)32-18-7-4-3-6-17(18)28-21(15)32/h3-4,6-7,12-13H,5,8-11H2,1-2H3,(H,27,33). The van der Waals surface area contributed by atoms with Crippen LogP contribution in [-0.4, -0.2) is 65.5 Å². The number of aromatic nitrogens is 3. The third-order valence-electron chi connectivity index (χ3n) is 6.15. The van der Waals surface area contributed by atoms with E-state index in [1.54, 1.807) is 28.7 Å². The molecule has 0 spiro atoms. The molecule has 1 aliphatic rings. The minimum absolute atomic E-state index is 0.0673. The van der Waals surface area contributed by atoms with Crippen LogP contribution in [0, 0.1) is 0 Å². The molecule has 5 rings (SSSR count). The number of rotatable bonds is 2. The molecule has 0 radical (unpaired) electrons. The summed E-state index contributed by atoms with van der Waals surface area (Å²) < 4.78 is 44.4. The normalized spacial score (nSPS) is 16.0. The number of nitrogens with one attached hydrogen (secondary N) is 1. The van der Waals surface area contributed by atoms with E-state index in [9.17, 15) is 18.0 Å². The van der Waals surface area contributed by atoms with E-state index in [1.807, 2.05) is 11.9 Å². The lowest BCUT2D eigenvalue weighted by molar-refractivity contribution is -0.136. The van der Waals surface area contributed by atoms with Crippen LogP contribution < -0.4 is 10.2 Å². The van der Waals surface area contributed by atoms with Gasteiger partial charge >= 0.3 is 6.18 Å². The van der Waals surface area contributed by atoms with E-state index in [0.29, 0.717) is 24.1 Å². The molecule has 4 heterocycles. The largest absolute Gasteiger partial charge is 0.417 e. The van der Waals surface area contributed by atoms with E-state index in [2.05, 4.69) is 15.2 Å². The zero-order valence-corrected chi connectivity index (χ0v) is 18.3. The van der Waals surface area contributed by atoms with Gasteiger partial charge in [0.1, 0.15) is 11.5 Å². The zero-order chi connectivity index (χ0) is 23.3. The lowest BCUT2D eigenvalue weighted by atomic mass is 10.1. The molecule has 0 unspecified atom stereocenters. The fourth-order valence-electron chi connectivity index (χ4n) is 4.44. The van der Waals surface area contributed by atoms with E-state index in [1.165, 1.54) is 13.1 Å². The molecular weight excluding hydrogens is 433 g/mol. The number of benzene rings is 1. The molecule has 172 valence electrons.